The maximum Gasteiger partial charge on any atom is 0.326 e. The van der Waals surface area contributed by atoms with E-state index >= 15 is 0 Å². The number of aliphatic carboxylic acids is 2. The van der Waals surface area contributed by atoms with Crippen LogP contribution in [0, 0.1) is 5.92 Å². The quantitative estimate of drug-likeness (QED) is 0.182. The predicted octanol–water partition coefficient (Wildman–Crippen LogP) is -1.68. The Hall–Kier alpha value is -2.34. The summed E-state index contributed by atoms with van der Waals surface area (Å²) in [5, 5.41) is 24.8. The van der Waals surface area contributed by atoms with Crippen LogP contribution in [0.2, 0.25) is 0 Å². The number of carboxylic acid groups (broad SMARTS) is 2. The molecule has 0 aromatic carbocycles. The lowest BCUT2D eigenvalue weighted by atomic mass is 10.0. The van der Waals surface area contributed by atoms with Gasteiger partial charge in [-0.05, 0) is 19.3 Å². The van der Waals surface area contributed by atoms with E-state index in [1.54, 1.807) is 13.8 Å². The first-order chi connectivity index (χ1) is 12.9. The zero-order chi connectivity index (χ0) is 22.0. The van der Waals surface area contributed by atoms with Gasteiger partial charge in [-0.25, -0.2) is 4.79 Å². The van der Waals surface area contributed by atoms with E-state index in [0.717, 1.165) is 0 Å². The van der Waals surface area contributed by atoms with E-state index in [2.05, 4.69) is 28.6 Å². The number of thiol groups is 1. The molecule has 0 heterocycles. The van der Waals surface area contributed by atoms with Crippen LogP contribution in [-0.2, 0) is 24.0 Å². The Morgan fingerprint density at radius 2 is 1.43 bits per heavy atom. The maximum absolute atomic E-state index is 12.5. The lowest BCUT2D eigenvalue weighted by molar-refractivity contribution is -0.143. The number of carbonyl (C=O) groups is 5. The molecular formula is C16H28N4O7S. The van der Waals surface area contributed by atoms with E-state index in [4.69, 9.17) is 15.9 Å². The van der Waals surface area contributed by atoms with Crippen molar-refractivity contribution in [2.24, 2.45) is 11.7 Å². The summed E-state index contributed by atoms with van der Waals surface area (Å²) in [7, 11) is 0. The van der Waals surface area contributed by atoms with Crippen LogP contribution in [0.25, 0.3) is 0 Å². The van der Waals surface area contributed by atoms with Gasteiger partial charge in [-0.3, -0.25) is 19.2 Å². The molecule has 0 saturated carbocycles. The van der Waals surface area contributed by atoms with Crippen molar-refractivity contribution >= 4 is 42.3 Å². The normalized spacial score (nSPS) is 15.1. The Balaban J connectivity index is 5.09. The summed E-state index contributed by atoms with van der Waals surface area (Å²) in [6.45, 7) is 4.83. The molecule has 0 aliphatic rings. The van der Waals surface area contributed by atoms with Crippen LogP contribution in [-0.4, -0.2) is 69.8 Å². The molecule has 4 atom stereocenters. The standard InChI is InChI=1S/C16H28N4O7S/c1-7(2)12(20-13(23)8(3)17)15(25)19-10(6-28)14(24)18-9(16(26)27)4-5-11(21)22/h7-10,12,28H,4-6,17H2,1-3H3,(H,18,24)(H,19,25)(H,20,23)(H,21,22)(H,26,27). The number of hydrogen-bond acceptors (Lipinski definition) is 7. The average molecular weight is 420 g/mol. The highest BCUT2D eigenvalue weighted by atomic mass is 32.1. The second-order valence-electron chi connectivity index (χ2n) is 6.59. The Labute approximate surface area is 168 Å². The summed E-state index contributed by atoms with van der Waals surface area (Å²) in [4.78, 5) is 58.3. The Kier molecular flexibility index (Phi) is 11.2. The zero-order valence-corrected chi connectivity index (χ0v) is 16.9. The van der Waals surface area contributed by atoms with Gasteiger partial charge < -0.3 is 31.9 Å². The van der Waals surface area contributed by atoms with Gasteiger partial charge in [0.1, 0.15) is 18.1 Å². The van der Waals surface area contributed by atoms with E-state index in [0.29, 0.717) is 0 Å². The minimum absolute atomic E-state index is 0.144. The fourth-order valence-electron chi connectivity index (χ4n) is 2.07. The average Bonchev–Trinajstić information content (AvgIpc) is 2.59. The molecule has 4 unspecified atom stereocenters. The summed E-state index contributed by atoms with van der Waals surface area (Å²) in [5.74, 6) is -5.09. The Morgan fingerprint density at radius 3 is 1.82 bits per heavy atom. The van der Waals surface area contributed by atoms with E-state index < -0.39 is 60.2 Å². The van der Waals surface area contributed by atoms with Crippen LogP contribution in [0.3, 0.4) is 0 Å². The van der Waals surface area contributed by atoms with Gasteiger partial charge in [0.25, 0.3) is 0 Å². The lowest BCUT2D eigenvalue weighted by Gasteiger charge is -2.26. The van der Waals surface area contributed by atoms with Crippen molar-refractivity contribution in [1.82, 2.24) is 16.0 Å². The molecule has 0 fully saturated rings. The number of nitrogens with two attached hydrogens (primary N) is 1. The topological polar surface area (TPSA) is 188 Å². The fourth-order valence-corrected chi connectivity index (χ4v) is 2.33. The van der Waals surface area contributed by atoms with E-state index in [1.807, 2.05) is 0 Å². The lowest BCUT2D eigenvalue weighted by Crippen LogP contribution is -2.58. The summed E-state index contributed by atoms with van der Waals surface area (Å²) >= 11 is 3.99. The van der Waals surface area contributed by atoms with Gasteiger partial charge in [-0.15, -0.1) is 0 Å². The van der Waals surface area contributed by atoms with Gasteiger partial charge in [0.2, 0.25) is 17.7 Å². The molecule has 0 bridgehead atoms. The minimum atomic E-state index is -1.43. The molecule has 0 aliphatic carbocycles. The largest absolute Gasteiger partial charge is 0.481 e. The predicted molar refractivity (Wildman–Crippen MR) is 103 cm³/mol. The van der Waals surface area contributed by atoms with Gasteiger partial charge in [-0.1, -0.05) is 13.8 Å². The molecule has 0 aromatic heterocycles. The molecule has 12 heteroatoms. The van der Waals surface area contributed by atoms with Crippen molar-refractivity contribution in [3.8, 4) is 0 Å². The molecule has 0 aromatic rings. The number of rotatable bonds is 12. The first-order valence-corrected chi connectivity index (χ1v) is 9.26. The third kappa shape index (κ3) is 9.04. The molecule has 0 rings (SSSR count). The van der Waals surface area contributed by atoms with Gasteiger partial charge in [0, 0.05) is 12.2 Å². The Morgan fingerprint density at radius 1 is 0.893 bits per heavy atom. The van der Waals surface area contributed by atoms with Crippen LogP contribution in [0.5, 0.6) is 0 Å². The molecule has 0 aliphatic heterocycles. The first kappa shape index (κ1) is 25.7. The van der Waals surface area contributed by atoms with E-state index in [1.165, 1.54) is 6.92 Å². The van der Waals surface area contributed by atoms with Crippen LogP contribution < -0.4 is 21.7 Å². The third-order valence-corrected chi connectivity index (χ3v) is 4.10. The monoisotopic (exact) mass is 420 g/mol. The van der Waals surface area contributed by atoms with Gasteiger partial charge in [-0.2, -0.15) is 12.6 Å². The maximum atomic E-state index is 12.5. The highest BCUT2D eigenvalue weighted by Gasteiger charge is 2.30. The van der Waals surface area contributed by atoms with Crippen molar-refractivity contribution in [3.05, 3.63) is 0 Å². The van der Waals surface area contributed by atoms with Crippen molar-refractivity contribution in [1.29, 1.82) is 0 Å². The van der Waals surface area contributed by atoms with E-state index in [-0.39, 0.29) is 18.1 Å². The molecule has 0 spiro atoms. The molecular weight excluding hydrogens is 392 g/mol. The molecule has 160 valence electrons. The molecule has 28 heavy (non-hydrogen) atoms. The molecule has 0 radical (unpaired) electrons. The van der Waals surface area contributed by atoms with Crippen molar-refractivity contribution in [3.63, 3.8) is 0 Å². The fraction of sp³-hybridized carbons (Fsp3) is 0.688. The molecule has 0 saturated heterocycles. The summed E-state index contributed by atoms with van der Waals surface area (Å²) < 4.78 is 0. The number of carboxylic acids is 2. The molecule has 3 amide bonds. The highest BCUT2D eigenvalue weighted by molar-refractivity contribution is 7.80. The van der Waals surface area contributed by atoms with E-state index in [9.17, 15) is 24.0 Å². The smallest absolute Gasteiger partial charge is 0.326 e. The van der Waals surface area contributed by atoms with Gasteiger partial charge >= 0.3 is 11.9 Å². The first-order valence-electron chi connectivity index (χ1n) is 8.62. The Bertz CT molecular complexity index is 598. The minimum Gasteiger partial charge on any atom is -0.481 e. The van der Waals surface area contributed by atoms with Crippen molar-refractivity contribution < 1.29 is 34.2 Å². The zero-order valence-electron chi connectivity index (χ0n) is 16.0. The second kappa shape index (κ2) is 12.2. The summed E-state index contributed by atoms with van der Waals surface area (Å²) in [6.07, 6.45) is -0.767. The number of hydrogen-bond donors (Lipinski definition) is 7. The molecule has 11 nitrogen and oxygen atoms in total. The number of nitrogens with one attached hydrogen (secondary N) is 3. The van der Waals surface area contributed by atoms with Crippen molar-refractivity contribution in [2.45, 2.75) is 57.8 Å². The van der Waals surface area contributed by atoms with Crippen LogP contribution >= 0.6 is 12.6 Å². The SMILES string of the molecule is CC(N)C(=O)NC(C(=O)NC(CS)C(=O)NC(CCC(=O)O)C(=O)O)C(C)C. The number of amides is 3. The second-order valence-corrected chi connectivity index (χ2v) is 6.96. The van der Waals surface area contributed by atoms with Crippen LogP contribution in [0.1, 0.15) is 33.6 Å². The van der Waals surface area contributed by atoms with Crippen molar-refractivity contribution in [2.75, 3.05) is 5.75 Å². The highest BCUT2D eigenvalue weighted by Crippen LogP contribution is 2.05. The van der Waals surface area contributed by atoms with Crippen LogP contribution in [0.15, 0.2) is 0 Å². The number of carbonyl (C=O) groups excluding carboxylic acids is 3. The summed E-state index contributed by atoms with van der Waals surface area (Å²) in [5.41, 5.74) is 5.48. The molecule has 7 N–H and O–H groups in total. The van der Waals surface area contributed by atoms with Gasteiger partial charge in [0.05, 0.1) is 6.04 Å². The summed E-state index contributed by atoms with van der Waals surface area (Å²) in [6, 6.07) is -4.41. The van der Waals surface area contributed by atoms with Crippen LogP contribution in [0.4, 0.5) is 0 Å². The third-order valence-electron chi connectivity index (χ3n) is 3.74. The van der Waals surface area contributed by atoms with Gasteiger partial charge in [0.15, 0.2) is 0 Å².